The van der Waals surface area contributed by atoms with Crippen molar-refractivity contribution in [1.82, 2.24) is 5.32 Å². The van der Waals surface area contributed by atoms with Crippen LogP contribution in [0, 0.1) is 13.8 Å². The molecule has 2 N–H and O–H groups in total. The minimum Gasteiger partial charge on any atom is -0.396 e. The first-order valence-corrected chi connectivity index (χ1v) is 6.36. The van der Waals surface area contributed by atoms with Gasteiger partial charge >= 0.3 is 0 Å². The Balaban J connectivity index is 2.68. The second-order valence-corrected chi connectivity index (χ2v) is 5.46. The number of rotatable bonds is 6. The third-order valence-electron chi connectivity index (χ3n) is 3.19. The van der Waals surface area contributed by atoms with Crippen LogP contribution in [0.5, 0.6) is 0 Å². The van der Waals surface area contributed by atoms with Crippen LogP contribution in [0.3, 0.4) is 0 Å². The second kappa shape index (κ2) is 6.18. The van der Waals surface area contributed by atoms with E-state index < -0.39 is 0 Å². The summed E-state index contributed by atoms with van der Waals surface area (Å²) in [6.45, 7) is 10.9. The minimum absolute atomic E-state index is 0.132. The first kappa shape index (κ1) is 14.2. The molecule has 0 spiro atoms. The highest BCUT2D eigenvalue weighted by Gasteiger charge is 2.21. The molecule has 0 unspecified atom stereocenters. The molecule has 0 saturated carbocycles. The Kier molecular flexibility index (Phi) is 5.16. The van der Waals surface area contributed by atoms with E-state index in [9.17, 15) is 0 Å². The van der Waals surface area contributed by atoms with Crippen LogP contribution in [0.4, 0.5) is 0 Å². The molecule has 1 aromatic rings. The van der Waals surface area contributed by atoms with Gasteiger partial charge in [-0.2, -0.15) is 0 Å². The van der Waals surface area contributed by atoms with Gasteiger partial charge in [-0.05, 0) is 37.9 Å². The molecule has 0 aliphatic rings. The summed E-state index contributed by atoms with van der Waals surface area (Å²) < 4.78 is 0. The lowest BCUT2D eigenvalue weighted by atomic mass is 9.81. The van der Waals surface area contributed by atoms with E-state index >= 15 is 0 Å². The number of aryl methyl sites for hydroxylation is 2. The summed E-state index contributed by atoms with van der Waals surface area (Å²) in [6.07, 6.45) is 0.822. The fourth-order valence-electron chi connectivity index (χ4n) is 2.27. The molecule has 2 heteroatoms. The van der Waals surface area contributed by atoms with Crippen LogP contribution >= 0.6 is 0 Å². The molecule has 0 aliphatic heterocycles. The van der Waals surface area contributed by atoms with Crippen molar-refractivity contribution in [1.29, 1.82) is 0 Å². The van der Waals surface area contributed by atoms with Crippen molar-refractivity contribution in [2.24, 2.45) is 0 Å². The van der Waals surface area contributed by atoms with Crippen LogP contribution < -0.4 is 5.32 Å². The molecular formula is C15H25NO. The van der Waals surface area contributed by atoms with Crippen LogP contribution in [0.2, 0.25) is 0 Å². The van der Waals surface area contributed by atoms with Crippen molar-refractivity contribution in [2.75, 3.05) is 19.7 Å². The summed E-state index contributed by atoms with van der Waals surface area (Å²) in [5, 5.41) is 12.2. The number of hydrogen-bond donors (Lipinski definition) is 2. The van der Waals surface area contributed by atoms with Gasteiger partial charge in [-0.1, -0.05) is 37.6 Å². The Morgan fingerprint density at radius 3 is 2.53 bits per heavy atom. The Hall–Kier alpha value is -0.860. The van der Waals surface area contributed by atoms with Gasteiger partial charge < -0.3 is 10.4 Å². The van der Waals surface area contributed by atoms with E-state index in [4.69, 9.17) is 5.11 Å². The Labute approximate surface area is 105 Å². The monoisotopic (exact) mass is 235 g/mol. The van der Waals surface area contributed by atoms with E-state index in [-0.39, 0.29) is 12.0 Å². The Bertz CT molecular complexity index is 358. The smallest absolute Gasteiger partial charge is 0.0443 e. The van der Waals surface area contributed by atoms with Gasteiger partial charge in [0, 0.05) is 18.6 Å². The van der Waals surface area contributed by atoms with Gasteiger partial charge in [0.05, 0.1) is 0 Å². The Morgan fingerprint density at radius 2 is 1.94 bits per heavy atom. The second-order valence-electron chi connectivity index (χ2n) is 5.46. The maximum atomic E-state index is 8.75. The largest absolute Gasteiger partial charge is 0.396 e. The fraction of sp³-hybridized carbons (Fsp3) is 0.600. The molecule has 1 aromatic carbocycles. The summed E-state index contributed by atoms with van der Waals surface area (Å²) in [6, 6.07) is 6.65. The molecule has 0 saturated heterocycles. The molecule has 0 bridgehead atoms. The maximum Gasteiger partial charge on any atom is 0.0443 e. The van der Waals surface area contributed by atoms with Crippen LogP contribution in [-0.2, 0) is 5.41 Å². The Morgan fingerprint density at radius 1 is 1.24 bits per heavy atom. The lowest BCUT2D eigenvalue weighted by Crippen LogP contribution is -2.34. The lowest BCUT2D eigenvalue weighted by Gasteiger charge is -2.28. The van der Waals surface area contributed by atoms with Gasteiger partial charge in [-0.25, -0.2) is 0 Å². The third-order valence-corrected chi connectivity index (χ3v) is 3.19. The fourth-order valence-corrected chi connectivity index (χ4v) is 2.27. The predicted molar refractivity (Wildman–Crippen MR) is 73.5 cm³/mol. The van der Waals surface area contributed by atoms with Gasteiger partial charge in [0.15, 0.2) is 0 Å². The van der Waals surface area contributed by atoms with E-state index in [0.29, 0.717) is 0 Å². The average molecular weight is 235 g/mol. The van der Waals surface area contributed by atoms with Gasteiger partial charge in [0.2, 0.25) is 0 Å². The standard InChI is InChI=1S/C15H25NO/c1-12-6-7-14(13(2)10-12)15(3,4)11-16-8-5-9-17/h6-7,10,16-17H,5,8-9,11H2,1-4H3. The van der Waals surface area contributed by atoms with E-state index in [1.807, 2.05) is 0 Å². The summed E-state index contributed by atoms with van der Waals surface area (Å²) in [7, 11) is 0. The zero-order valence-corrected chi connectivity index (χ0v) is 11.5. The number of hydrogen-bond acceptors (Lipinski definition) is 2. The molecule has 0 heterocycles. The normalized spacial score (nSPS) is 11.8. The molecule has 2 nitrogen and oxygen atoms in total. The van der Waals surface area contributed by atoms with Gasteiger partial charge in [0.25, 0.3) is 0 Å². The highest BCUT2D eigenvalue weighted by atomic mass is 16.3. The van der Waals surface area contributed by atoms with Gasteiger partial charge in [-0.15, -0.1) is 0 Å². The topological polar surface area (TPSA) is 32.3 Å². The molecule has 1 rings (SSSR count). The quantitative estimate of drug-likeness (QED) is 0.743. The van der Waals surface area contributed by atoms with Crippen LogP contribution in [-0.4, -0.2) is 24.8 Å². The number of benzene rings is 1. The molecular weight excluding hydrogens is 210 g/mol. The SMILES string of the molecule is Cc1ccc(C(C)(C)CNCCCO)c(C)c1. The third kappa shape index (κ3) is 4.14. The highest BCUT2D eigenvalue weighted by molar-refractivity contribution is 5.35. The first-order valence-electron chi connectivity index (χ1n) is 6.36. The molecule has 0 radical (unpaired) electrons. The van der Waals surface area contributed by atoms with Crippen LogP contribution in [0.15, 0.2) is 18.2 Å². The van der Waals surface area contributed by atoms with Crippen molar-refractivity contribution in [3.8, 4) is 0 Å². The molecule has 0 fully saturated rings. The average Bonchev–Trinajstić information content (AvgIpc) is 2.24. The van der Waals surface area contributed by atoms with E-state index in [0.717, 1.165) is 19.5 Å². The molecule has 0 aliphatic carbocycles. The zero-order valence-electron chi connectivity index (χ0n) is 11.5. The molecule has 0 aromatic heterocycles. The summed E-state index contributed by atoms with van der Waals surface area (Å²) in [5.41, 5.74) is 4.21. The summed E-state index contributed by atoms with van der Waals surface area (Å²) in [5.74, 6) is 0. The van der Waals surface area contributed by atoms with Crippen molar-refractivity contribution in [3.05, 3.63) is 34.9 Å². The van der Waals surface area contributed by atoms with E-state index in [1.165, 1.54) is 16.7 Å². The molecule has 17 heavy (non-hydrogen) atoms. The first-order chi connectivity index (χ1) is 7.97. The predicted octanol–water partition coefficient (Wildman–Crippen LogP) is 2.55. The van der Waals surface area contributed by atoms with Crippen molar-refractivity contribution >= 4 is 0 Å². The number of aliphatic hydroxyl groups is 1. The molecule has 0 atom stereocenters. The van der Waals surface area contributed by atoms with Crippen molar-refractivity contribution in [2.45, 2.75) is 39.5 Å². The van der Waals surface area contributed by atoms with Crippen molar-refractivity contribution in [3.63, 3.8) is 0 Å². The zero-order chi connectivity index (χ0) is 12.9. The summed E-state index contributed by atoms with van der Waals surface area (Å²) >= 11 is 0. The van der Waals surface area contributed by atoms with Crippen molar-refractivity contribution < 1.29 is 5.11 Å². The maximum absolute atomic E-state index is 8.75. The minimum atomic E-state index is 0.132. The van der Waals surface area contributed by atoms with Crippen LogP contribution in [0.1, 0.15) is 37.0 Å². The molecule has 96 valence electrons. The summed E-state index contributed by atoms with van der Waals surface area (Å²) in [4.78, 5) is 0. The van der Waals surface area contributed by atoms with Crippen LogP contribution in [0.25, 0.3) is 0 Å². The molecule has 0 amide bonds. The van der Waals surface area contributed by atoms with E-state index in [1.54, 1.807) is 0 Å². The van der Waals surface area contributed by atoms with Gasteiger partial charge in [-0.3, -0.25) is 0 Å². The number of aliphatic hydroxyl groups excluding tert-OH is 1. The van der Waals surface area contributed by atoms with E-state index in [2.05, 4.69) is 51.2 Å². The highest BCUT2D eigenvalue weighted by Crippen LogP contribution is 2.26. The van der Waals surface area contributed by atoms with Gasteiger partial charge in [0.1, 0.15) is 0 Å². The number of nitrogens with one attached hydrogen (secondary N) is 1. The lowest BCUT2D eigenvalue weighted by molar-refractivity contribution is 0.284.